The maximum absolute atomic E-state index is 12.4. The number of nitrogens with zero attached hydrogens (tertiary/aromatic N) is 5. The summed E-state index contributed by atoms with van der Waals surface area (Å²) in [5, 5.41) is 0. The first kappa shape index (κ1) is 20.4. The molecule has 134 valence electrons. The number of nitrogens with two attached hydrogens (primary N) is 1. The summed E-state index contributed by atoms with van der Waals surface area (Å²) in [6, 6.07) is 0. The molecule has 0 unspecified atom stereocenters. The van der Waals surface area contributed by atoms with Gasteiger partial charge in [-0.2, -0.15) is 0 Å². The Morgan fingerprint density at radius 3 is 2.71 bits per heavy atom. The zero-order chi connectivity index (χ0) is 15.5. The lowest BCUT2D eigenvalue weighted by molar-refractivity contribution is -0.131. The summed E-state index contributed by atoms with van der Waals surface area (Å²) in [4.78, 5) is 31.6. The van der Waals surface area contributed by atoms with E-state index in [0.717, 1.165) is 31.4 Å². The Labute approximate surface area is 153 Å². The average Bonchev–Trinajstić information content (AvgIpc) is 3.03. The molecular formula is C14H23Cl2N7O. The number of carbonyl (C=O) groups excluding carboxylic acids is 1. The number of likely N-dealkylation sites (N-methyl/N-ethyl adjacent to an activating group) is 1. The number of hydrogen-bond acceptors (Lipinski definition) is 6. The number of imidazole rings is 1. The van der Waals surface area contributed by atoms with E-state index in [2.05, 4.69) is 19.9 Å². The fraction of sp³-hybridized carbons (Fsp3) is 0.571. The minimum atomic E-state index is 0. The average molecular weight is 376 g/mol. The van der Waals surface area contributed by atoms with Gasteiger partial charge in [0.05, 0.1) is 12.9 Å². The largest absolute Gasteiger partial charge is 0.348 e. The maximum Gasteiger partial charge on any atom is 0.242 e. The van der Waals surface area contributed by atoms with Gasteiger partial charge in [0.15, 0.2) is 11.5 Å². The van der Waals surface area contributed by atoms with Crippen molar-refractivity contribution in [2.45, 2.75) is 12.8 Å². The van der Waals surface area contributed by atoms with Gasteiger partial charge in [0.25, 0.3) is 0 Å². The second kappa shape index (κ2) is 9.00. The number of aromatic nitrogens is 4. The van der Waals surface area contributed by atoms with Crippen LogP contribution in [0.4, 0.5) is 5.82 Å². The van der Waals surface area contributed by atoms with Gasteiger partial charge in [-0.15, -0.1) is 24.8 Å². The Hall–Kier alpha value is -1.64. The van der Waals surface area contributed by atoms with E-state index >= 15 is 0 Å². The molecule has 0 aliphatic carbocycles. The van der Waals surface area contributed by atoms with Gasteiger partial charge < -0.3 is 20.5 Å². The van der Waals surface area contributed by atoms with Gasteiger partial charge in [0.1, 0.15) is 11.8 Å². The number of carbonyl (C=O) groups is 1. The number of piperidine rings is 1. The number of anilines is 1. The zero-order valence-corrected chi connectivity index (χ0v) is 15.1. The van der Waals surface area contributed by atoms with Gasteiger partial charge in [-0.05, 0) is 25.3 Å². The van der Waals surface area contributed by atoms with Crippen LogP contribution in [0.2, 0.25) is 0 Å². The van der Waals surface area contributed by atoms with E-state index in [1.807, 2.05) is 16.8 Å². The lowest BCUT2D eigenvalue weighted by atomic mass is 9.97. The van der Waals surface area contributed by atoms with Crippen molar-refractivity contribution >= 4 is 47.7 Å². The summed E-state index contributed by atoms with van der Waals surface area (Å²) in [6.45, 7) is 2.58. The van der Waals surface area contributed by atoms with Crippen LogP contribution < -0.4 is 10.6 Å². The Morgan fingerprint density at radius 2 is 2.04 bits per heavy atom. The lowest BCUT2D eigenvalue weighted by Gasteiger charge is -2.32. The molecule has 24 heavy (non-hydrogen) atoms. The van der Waals surface area contributed by atoms with Crippen LogP contribution in [0.1, 0.15) is 12.8 Å². The summed E-state index contributed by atoms with van der Waals surface area (Å²) in [7, 11) is 1.85. The third kappa shape index (κ3) is 4.25. The second-order valence-electron chi connectivity index (χ2n) is 5.71. The fourth-order valence-corrected chi connectivity index (χ4v) is 2.84. The predicted octanol–water partition coefficient (Wildman–Crippen LogP) is 0.830. The summed E-state index contributed by atoms with van der Waals surface area (Å²) in [6.07, 6.45) is 5.02. The lowest BCUT2D eigenvalue weighted by Crippen LogP contribution is -2.44. The molecule has 3 heterocycles. The molecule has 0 spiro atoms. The van der Waals surface area contributed by atoms with E-state index in [9.17, 15) is 4.79 Å². The van der Waals surface area contributed by atoms with Gasteiger partial charge >= 0.3 is 0 Å². The second-order valence-corrected chi connectivity index (χ2v) is 5.71. The van der Waals surface area contributed by atoms with Gasteiger partial charge in [-0.3, -0.25) is 4.79 Å². The van der Waals surface area contributed by atoms with Gasteiger partial charge in [-0.1, -0.05) is 0 Å². The van der Waals surface area contributed by atoms with Crippen LogP contribution in [-0.4, -0.2) is 64.0 Å². The van der Waals surface area contributed by atoms with Crippen molar-refractivity contribution in [2.24, 2.45) is 11.7 Å². The molecule has 1 fully saturated rings. The van der Waals surface area contributed by atoms with Crippen molar-refractivity contribution in [3.63, 3.8) is 0 Å². The molecule has 3 N–H and O–H groups in total. The highest BCUT2D eigenvalue weighted by Gasteiger charge is 2.23. The molecule has 0 saturated carbocycles. The summed E-state index contributed by atoms with van der Waals surface area (Å²) in [5.74, 6) is 1.35. The van der Waals surface area contributed by atoms with E-state index in [0.29, 0.717) is 30.5 Å². The number of amides is 1. The Bertz CT molecular complexity index is 657. The van der Waals surface area contributed by atoms with Crippen LogP contribution in [0.15, 0.2) is 12.7 Å². The number of likely N-dealkylation sites (tertiary alicyclic amines) is 1. The summed E-state index contributed by atoms with van der Waals surface area (Å²) < 4.78 is 0. The first-order valence-electron chi connectivity index (χ1n) is 7.52. The van der Waals surface area contributed by atoms with Crippen molar-refractivity contribution in [3.05, 3.63) is 12.7 Å². The van der Waals surface area contributed by atoms with E-state index in [1.165, 1.54) is 6.33 Å². The highest BCUT2D eigenvalue weighted by molar-refractivity contribution is 5.87. The monoisotopic (exact) mass is 375 g/mol. The van der Waals surface area contributed by atoms with E-state index < -0.39 is 0 Å². The molecule has 2 aromatic rings. The number of halogens is 2. The molecule has 2 aromatic heterocycles. The first-order chi connectivity index (χ1) is 10.7. The Kier molecular flexibility index (Phi) is 7.65. The molecule has 3 rings (SSSR count). The Morgan fingerprint density at radius 1 is 1.33 bits per heavy atom. The molecule has 0 radical (unpaired) electrons. The van der Waals surface area contributed by atoms with Crippen molar-refractivity contribution in [1.82, 2.24) is 24.8 Å². The summed E-state index contributed by atoms with van der Waals surface area (Å²) >= 11 is 0. The molecule has 0 aromatic carbocycles. The third-order valence-corrected chi connectivity index (χ3v) is 4.24. The van der Waals surface area contributed by atoms with Crippen LogP contribution in [0.3, 0.4) is 0 Å². The van der Waals surface area contributed by atoms with Crippen LogP contribution in [0, 0.1) is 5.92 Å². The quantitative estimate of drug-likeness (QED) is 0.819. The highest BCUT2D eigenvalue weighted by Crippen LogP contribution is 2.19. The minimum Gasteiger partial charge on any atom is -0.348 e. The molecule has 1 saturated heterocycles. The molecular weight excluding hydrogens is 353 g/mol. The fourth-order valence-electron chi connectivity index (χ4n) is 2.84. The van der Waals surface area contributed by atoms with Gasteiger partial charge in [-0.25, -0.2) is 15.0 Å². The van der Waals surface area contributed by atoms with Crippen LogP contribution in [-0.2, 0) is 4.79 Å². The topological polar surface area (TPSA) is 104 Å². The molecule has 8 nitrogen and oxygen atoms in total. The molecule has 0 atom stereocenters. The number of aromatic amines is 1. The van der Waals surface area contributed by atoms with E-state index in [-0.39, 0.29) is 30.7 Å². The van der Waals surface area contributed by atoms with Crippen LogP contribution >= 0.6 is 24.8 Å². The normalized spacial score (nSPS) is 14.8. The minimum absolute atomic E-state index is 0. The van der Waals surface area contributed by atoms with Crippen molar-refractivity contribution in [2.75, 3.05) is 38.1 Å². The molecule has 1 aliphatic heterocycles. The number of rotatable bonds is 4. The van der Waals surface area contributed by atoms with Crippen molar-refractivity contribution < 1.29 is 4.79 Å². The van der Waals surface area contributed by atoms with Crippen molar-refractivity contribution in [3.8, 4) is 0 Å². The molecule has 1 aliphatic rings. The number of fused-ring (bicyclic) bond motifs is 1. The third-order valence-electron chi connectivity index (χ3n) is 4.24. The van der Waals surface area contributed by atoms with Crippen LogP contribution in [0.5, 0.6) is 0 Å². The Balaban J connectivity index is 0.00000144. The SMILES string of the molecule is CN(CC(=O)N1CCC(CN)CC1)c1ncnc2nc[nH]c12.Cl.Cl. The molecule has 10 heteroatoms. The first-order valence-corrected chi connectivity index (χ1v) is 7.52. The van der Waals surface area contributed by atoms with E-state index in [1.54, 1.807) is 6.33 Å². The van der Waals surface area contributed by atoms with Crippen LogP contribution in [0.25, 0.3) is 11.2 Å². The number of hydrogen-bond donors (Lipinski definition) is 2. The molecule has 1 amide bonds. The smallest absolute Gasteiger partial charge is 0.242 e. The predicted molar refractivity (Wildman–Crippen MR) is 97.8 cm³/mol. The zero-order valence-electron chi connectivity index (χ0n) is 13.5. The van der Waals surface area contributed by atoms with Gasteiger partial charge in [0, 0.05) is 20.1 Å². The summed E-state index contributed by atoms with van der Waals surface area (Å²) in [5.41, 5.74) is 7.04. The molecule has 0 bridgehead atoms. The van der Waals surface area contributed by atoms with Gasteiger partial charge in [0.2, 0.25) is 5.91 Å². The van der Waals surface area contributed by atoms with E-state index in [4.69, 9.17) is 5.73 Å². The van der Waals surface area contributed by atoms with Crippen molar-refractivity contribution in [1.29, 1.82) is 0 Å². The maximum atomic E-state index is 12.4. The number of H-pyrrole nitrogens is 1. The highest BCUT2D eigenvalue weighted by atomic mass is 35.5. The standard InChI is InChI=1S/C14H21N7O.2ClH/c1-20(14-12-13(17-8-16-12)18-9-19-14)7-11(22)21-4-2-10(6-15)3-5-21;;/h8-10H,2-7,15H2,1H3,(H,16,17,18,19);2*1H. The number of nitrogens with one attached hydrogen (secondary N) is 1.